The summed E-state index contributed by atoms with van der Waals surface area (Å²) in [5, 5.41) is 9.25. The second-order valence-electron chi connectivity index (χ2n) is 4.79. The molecule has 0 bridgehead atoms. The minimum atomic E-state index is 0.0985. The van der Waals surface area contributed by atoms with Crippen LogP contribution in [-0.2, 0) is 6.54 Å². The van der Waals surface area contributed by atoms with Crippen molar-refractivity contribution in [3.63, 3.8) is 0 Å². The molecule has 1 N–H and O–H groups in total. The summed E-state index contributed by atoms with van der Waals surface area (Å²) in [6, 6.07) is 15.9. The van der Waals surface area contributed by atoms with Gasteiger partial charge in [-0.1, -0.05) is 30.3 Å². The average Bonchev–Trinajstić information content (AvgIpc) is 2.48. The molecule has 3 heteroatoms. The van der Waals surface area contributed by atoms with Crippen molar-refractivity contribution in [2.45, 2.75) is 13.5 Å². The number of aliphatic hydroxyl groups excluding tert-OH is 1. The summed E-state index contributed by atoms with van der Waals surface area (Å²) in [4.78, 5) is 13.0. The van der Waals surface area contributed by atoms with Gasteiger partial charge < -0.3 is 10.0 Å². The summed E-state index contributed by atoms with van der Waals surface area (Å²) in [6.07, 6.45) is 0.868. The Labute approximate surface area is 119 Å². The van der Waals surface area contributed by atoms with Gasteiger partial charge in [0.15, 0.2) is 0 Å². The molecule has 0 heterocycles. The molecule has 0 spiro atoms. The lowest BCUT2D eigenvalue weighted by atomic mass is 10.1. The molecule has 0 amide bonds. The maximum Gasteiger partial charge on any atom is 0.150 e. The van der Waals surface area contributed by atoms with Crippen molar-refractivity contribution >= 4 is 12.0 Å². The van der Waals surface area contributed by atoms with Crippen LogP contribution < -0.4 is 4.90 Å². The summed E-state index contributed by atoms with van der Waals surface area (Å²) in [5.41, 5.74) is 3.87. The van der Waals surface area contributed by atoms with Crippen molar-refractivity contribution in [3.05, 3.63) is 65.2 Å². The number of hydrogen-bond acceptors (Lipinski definition) is 3. The normalized spacial score (nSPS) is 10.3. The second kappa shape index (κ2) is 6.87. The highest BCUT2D eigenvalue weighted by Crippen LogP contribution is 2.20. The van der Waals surface area contributed by atoms with E-state index in [-0.39, 0.29) is 6.61 Å². The number of anilines is 1. The molecule has 2 rings (SSSR count). The minimum absolute atomic E-state index is 0.0985. The molecule has 0 atom stereocenters. The van der Waals surface area contributed by atoms with Crippen molar-refractivity contribution in [3.8, 4) is 0 Å². The monoisotopic (exact) mass is 269 g/mol. The molecule has 0 aliphatic heterocycles. The van der Waals surface area contributed by atoms with Crippen LogP contribution in [0.25, 0.3) is 0 Å². The summed E-state index contributed by atoms with van der Waals surface area (Å²) in [7, 11) is 0. The molecule has 2 aromatic carbocycles. The maximum atomic E-state index is 10.9. The van der Waals surface area contributed by atoms with Gasteiger partial charge in [0.25, 0.3) is 0 Å². The third-order valence-corrected chi connectivity index (χ3v) is 3.33. The van der Waals surface area contributed by atoms with Crippen molar-refractivity contribution in [1.82, 2.24) is 0 Å². The lowest BCUT2D eigenvalue weighted by Gasteiger charge is -2.24. The number of nitrogens with zero attached hydrogens (tertiary/aromatic N) is 1. The zero-order chi connectivity index (χ0) is 14.4. The van der Waals surface area contributed by atoms with Crippen LogP contribution in [0.1, 0.15) is 21.5 Å². The summed E-state index contributed by atoms with van der Waals surface area (Å²) >= 11 is 0. The molecule has 3 nitrogen and oxygen atoms in total. The number of aliphatic hydroxyl groups is 1. The van der Waals surface area contributed by atoms with Crippen LogP contribution in [0.5, 0.6) is 0 Å². The third kappa shape index (κ3) is 3.45. The highest BCUT2D eigenvalue weighted by Gasteiger charge is 2.08. The van der Waals surface area contributed by atoms with E-state index in [1.165, 1.54) is 5.56 Å². The number of aldehydes is 1. The fourth-order valence-electron chi connectivity index (χ4n) is 2.21. The van der Waals surface area contributed by atoms with E-state index < -0.39 is 0 Å². The minimum Gasteiger partial charge on any atom is -0.395 e. The van der Waals surface area contributed by atoms with Crippen LogP contribution in [0.3, 0.4) is 0 Å². The van der Waals surface area contributed by atoms with Gasteiger partial charge in [-0.05, 0) is 36.2 Å². The van der Waals surface area contributed by atoms with E-state index in [1.807, 2.05) is 43.3 Å². The first-order valence-electron chi connectivity index (χ1n) is 6.70. The first-order valence-corrected chi connectivity index (χ1v) is 6.70. The highest BCUT2D eigenvalue weighted by molar-refractivity contribution is 5.78. The molecule has 2 aromatic rings. The summed E-state index contributed by atoms with van der Waals surface area (Å²) in [6.45, 7) is 3.32. The Morgan fingerprint density at radius 1 is 1.15 bits per heavy atom. The van der Waals surface area contributed by atoms with Crippen LogP contribution in [0, 0.1) is 6.92 Å². The molecule has 0 radical (unpaired) electrons. The molecule has 0 aromatic heterocycles. The highest BCUT2D eigenvalue weighted by atomic mass is 16.3. The van der Waals surface area contributed by atoms with Crippen LogP contribution in [0.15, 0.2) is 48.5 Å². The van der Waals surface area contributed by atoms with Gasteiger partial charge in [0.2, 0.25) is 0 Å². The van der Waals surface area contributed by atoms with Gasteiger partial charge in [-0.2, -0.15) is 0 Å². The first-order chi connectivity index (χ1) is 9.74. The number of carbonyl (C=O) groups excluding carboxylic acids is 1. The van der Waals surface area contributed by atoms with E-state index in [1.54, 1.807) is 0 Å². The Hall–Kier alpha value is -2.13. The van der Waals surface area contributed by atoms with E-state index in [4.69, 9.17) is 0 Å². The van der Waals surface area contributed by atoms with E-state index in [2.05, 4.69) is 17.0 Å². The molecule has 20 heavy (non-hydrogen) atoms. The molecule has 0 aliphatic rings. The average molecular weight is 269 g/mol. The first kappa shape index (κ1) is 14.3. The lowest BCUT2D eigenvalue weighted by molar-refractivity contribution is 0.112. The fraction of sp³-hybridized carbons (Fsp3) is 0.235. The van der Waals surface area contributed by atoms with Crippen LogP contribution in [0.2, 0.25) is 0 Å². The van der Waals surface area contributed by atoms with E-state index in [0.29, 0.717) is 12.1 Å². The predicted octanol–water partition coefficient (Wildman–Crippen LogP) is 2.81. The van der Waals surface area contributed by atoms with Crippen LogP contribution in [0.4, 0.5) is 5.69 Å². The Kier molecular flexibility index (Phi) is 4.91. The Bertz CT molecular complexity index is 566. The van der Waals surface area contributed by atoms with Gasteiger partial charge in [0.05, 0.1) is 6.61 Å². The zero-order valence-corrected chi connectivity index (χ0v) is 11.6. The maximum absolute atomic E-state index is 10.9. The second-order valence-corrected chi connectivity index (χ2v) is 4.79. The van der Waals surface area contributed by atoms with Gasteiger partial charge in [-0.25, -0.2) is 0 Å². The molecule has 0 saturated heterocycles. The Balaban J connectivity index is 2.24. The number of hydrogen-bond donors (Lipinski definition) is 1. The topological polar surface area (TPSA) is 40.5 Å². The van der Waals surface area contributed by atoms with Gasteiger partial charge in [-0.15, -0.1) is 0 Å². The fourth-order valence-corrected chi connectivity index (χ4v) is 2.21. The molecular weight excluding hydrogens is 250 g/mol. The standard InChI is InChI=1S/C17H19NO2/c1-14-11-17(8-7-16(14)13-20)18(9-10-19)12-15-5-3-2-4-6-15/h2-8,11,13,19H,9-10,12H2,1H3. The van der Waals surface area contributed by atoms with Crippen molar-refractivity contribution < 1.29 is 9.90 Å². The largest absolute Gasteiger partial charge is 0.395 e. The molecule has 0 fully saturated rings. The van der Waals surface area contributed by atoms with Gasteiger partial charge in [0, 0.05) is 24.3 Å². The molecule has 104 valence electrons. The SMILES string of the molecule is Cc1cc(N(CCO)Cc2ccccc2)ccc1C=O. The predicted molar refractivity (Wildman–Crippen MR) is 81.1 cm³/mol. The van der Waals surface area contributed by atoms with E-state index >= 15 is 0 Å². The lowest BCUT2D eigenvalue weighted by Crippen LogP contribution is -2.26. The molecule has 0 unspecified atom stereocenters. The van der Waals surface area contributed by atoms with Crippen molar-refractivity contribution in [2.24, 2.45) is 0 Å². The summed E-state index contributed by atoms with van der Waals surface area (Å²) in [5.74, 6) is 0. The van der Waals surface area contributed by atoms with Crippen LogP contribution >= 0.6 is 0 Å². The number of rotatable bonds is 6. The quantitative estimate of drug-likeness (QED) is 0.820. The van der Waals surface area contributed by atoms with Crippen molar-refractivity contribution in [1.29, 1.82) is 0 Å². The van der Waals surface area contributed by atoms with Gasteiger partial charge >= 0.3 is 0 Å². The molecule has 0 saturated carbocycles. The molecular formula is C17H19NO2. The van der Waals surface area contributed by atoms with E-state index in [0.717, 1.165) is 24.1 Å². The van der Waals surface area contributed by atoms with Gasteiger partial charge in [-0.3, -0.25) is 4.79 Å². The number of aryl methyl sites for hydroxylation is 1. The smallest absolute Gasteiger partial charge is 0.150 e. The summed E-state index contributed by atoms with van der Waals surface area (Å²) < 4.78 is 0. The third-order valence-electron chi connectivity index (χ3n) is 3.33. The Morgan fingerprint density at radius 3 is 2.50 bits per heavy atom. The number of benzene rings is 2. The molecule has 0 aliphatic carbocycles. The zero-order valence-electron chi connectivity index (χ0n) is 11.6. The van der Waals surface area contributed by atoms with Crippen LogP contribution in [-0.4, -0.2) is 24.5 Å². The Morgan fingerprint density at radius 2 is 1.90 bits per heavy atom. The number of carbonyl (C=O) groups is 1. The van der Waals surface area contributed by atoms with Crippen molar-refractivity contribution in [2.75, 3.05) is 18.1 Å². The van der Waals surface area contributed by atoms with E-state index in [9.17, 15) is 9.90 Å². The van der Waals surface area contributed by atoms with Gasteiger partial charge in [0.1, 0.15) is 6.29 Å².